The van der Waals surface area contributed by atoms with Gasteiger partial charge in [0, 0.05) is 11.5 Å². The van der Waals surface area contributed by atoms with Crippen molar-refractivity contribution in [3.63, 3.8) is 0 Å². The van der Waals surface area contributed by atoms with Gasteiger partial charge in [0.05, 0.1) is 15.3 Å². The van der Waals surface area contributed by atoms with Crippen LogP contribution in [0.2, 0.25) is 18.1 Å². The van der Waals surface area contributed by atoms with Crippen LogP contribution < -0.4 is 0 Å². The van der Waals surface area contributed by atoms with Gasteiger partial charge in [0.15, 0.2) is 8.32 Å². The Morgan fingerprint density at radius 1 is 1.30 bits per heavy atom. The van der Waals surface area contributed by atoms with Crippen molar-refractivity contribution >= 4 is 35.6 Å². The number of halogens is 1. The van der Waals surface area contributed by atoms with Crippen LogP contribution in [0.3, 0.4) is 0 Å². The van der Waals surface area contributed by atoms with Crippen LogP contribution in [0.1, 0.15) is 52.3 Å². The minimum atomic E-state index is -1.70. The zero-order chi connectivity index (χ0) is 17.9. The van der Waals surface area contributed by atoms with Crippen LogP contribution in [-0.4, -0.2) is 14.9 Å². The Labute approximate surface area is 155 Å². The van der Waals surface area contributed by atoms with Crippen molar-refractivity contribution in [1.29, 1.82) is 5.26 Å². The summed E-state index contributed by atoms with van der Waals surface area (Å²) in [6.45, 7) is 16.4. The average Bonchev–Trinajstić information content (AvgIpc) is 2.84. The van der Waals surface area contributed by atoms with Crippen LogP contribution in [0.4, 0.5) is 0 Å². The molecule has 1 atom stereocenters. The molecule has 1 aromatic rings. The van der Waals surface area contributed by atoms with Gasteiger partial charge in [-0.15, -0.1) is 11.3 Å². The molecule has 0 fully saturated rings. The van der Waals surface area contributed by atoms with Crippen LogP contribution in [0.25, 0.3) is 0 Å². The van der Waals surface area contributed by atoms with Crippen molar-refractivity contribution in [2.75, 3.05) is 6.61 Å². The Bertz CT molecular complexity index is 556. The van der Waals surface area contributed by atoms with Crippen molar-refractivity contribution in [3.8, 4) is 6.07 Å². The summed E-state index contributed by atoms with van der Waals surface area (Å²) in [5.74, 6) is 0.283. The second-order valence-corrected chi connectivity index (χ2v) is 15.3. The third-order valence-electron chi connectivity index (χ3n) is 5.18. The average molecular weight is 417 g/mol. The fourth-order valence-corrected chi connectivity index (χ4v) is 5.18. The van der Waals surface area contributed by atoms with Gasteiger partial charge < -0.3 is 4.43 Å². The SMILES string of the molecule is CC(C)C(C#N)(CCCO[Si](C)(C)C(C)(C)C)c1ccc(Br)s1. The summed E-state index contributed by atoms with van der Waals surface area (Å²) in [5, 5.41) is 10.1. The van der Waals surface area contributed by atoms with Crippen LogP contribution in [0.5, 0.6) is 0 Å². The molecule has 0 saturated carbocycles. The van der Waals surface area contributed by atoms with Gasteiger partial charge >= 0.3 is 0 Å². The van der Waals surface area contributed by atoms with E-state index in [0.29, 0.717) is 0 Å². The summed E-state index contributed by atoms with van der Waals surface area (Å²) in [4.78, 5) is 1.16. The summed E-state index contributed by atoms with van der Waals surface area (Å²) in [6, 6.07) is 6.75. The zero-order valence-electron chi connectivity index (χ0n) is 15.5. The van der Waals surface area contributed by atoms with Gasteiger partial charge in [-0.25, -0.2) is 0 Å². The van der Waals surface area contributed by atoms with E-state index in [1.54, 1.807) is 11.3 Å². The highest BCUT2D eigenvalue weighted by atomic mass is 79.9. The Morgan fingerprint density at radius 2 is 1.91 bits per heavy atom. The van der Waals surface area contributed by atoms with Crippen molar-refractivity contribution in [1.82, 2.24) is 0 Å². The standard InChI is InChI=1S/C18H30BrNOSSi/c1-14(2)18(13-20,15-9-10-16(19)22-15)11-8-12-21-23(6,7)17(3,4)5/h9-10,14H,8,11-12H2,1-7H3. The molecule has 130 valence electrons. The fraction of sp³-hybridized carbons (Fsp3) is 0.722. The first-order valence-corrected chi connectivity index (χ1v) is 12.8. The molecule has 1 unspecified atom stereocenters. The lowest BCUT2D eigenvalue weighted by Crippen LogP contribution is -2.41. The van der Waals surface area contributed by atoms with E-state index in [4.69, 9.17) is 4.43 Å². The minimum absolute atomic E-state index is 0.232. The molecule has 0 spiro atoms. The Hall–Kier alpha value is -0.153. The van der Waals surface area contributed by atoms with Crippen LogP contribution in [-0.2, 0) is 9.84 Å². The molecule has 0 amide bonds. The second kappa shape index (κ2) is 7.82. The highest BCUT2D eigenvalue weighted by Crippen LogP contribution is 2.42. The lowest BCUT2D eigenvalue weighted by molar-refractivity contribution is 0.256. The molecule has 1 aromatic heterocycles. The maximum Gasteiger partial charge on any atom is 0.191 e. The van der Waals surface area contributed by atoms with Crippen LogP contribution >= 0.6 is 27.3 Å². The lowest BCUT2D eigenvalue weighted by Gasteiger charge is -2.36. The summed E-state index contributed by atoms with van der Waals surface area (Å²) in [6.07, 6.45) is 1.77. The number of nitriles is 1. The highest BCUT2D eigenvalue weighted by Gasteiger charge is 2.39. The van der Waals surface area contributed by atoms with Gasteiger partial charge in [-0.1, -0.05) is 34.6 Å². The smallest absolute Gasteiger partial charge is 0.191 e. The van der Waals surface area contributed by atoms with Crippen molar-refractivity contribution in [2.45, 2.75) is 71.0 Å². The Balaban J connectivity index is 2.77. The summed E-state index contributed by atoms with van der Waals surface area (Å²) < 4.78 is 7.37. The largest absolute Gasteiger partial charge is 0.417 e. The van der Waals surface area contributed by atoms with Gasteiger partial charge in [-0.2, -0.15) is 5.26 Å². The predicted octanol–water partition coefficient (Wildman–Crippen LogP) is 6.73. The molecule has 23 heavy (non-hydrogen) atoms. The van der Waals surface area contributed by atoms with Crippen LogP contribution in [0.15, 0.2) is 15.9 Å². The van der Waals surface area contributed by atoms with Crippen molar-refractivity contribution in [2.24, 2.45) is 5.92 Å². The number of nitrogens with zero attached hydrogens (tertiary/aromatic N) is 1. The normalized spacial score (nSPS) is 15.5. The second-order valence-electron chi connectivity index (χ2n) is 8.05. The molecule has 0 aliphatic rings. The first-order chi connectivity index (χ1) is 10.5. The maximum atomic E-state index is 9.91. The van der Waals surface area contributed by atoms with Crippen molar-refractivity contribution < 1.29 is 4.43 Å². The number of hydrogen-bond donors (Lipinski definition) is 0. The molecule has 0 N–H and O–H groups in total. The van der Waals surface area contributed by atoms with Gasteiger partial charge in [0.2, 0.25) is 0 Å². The van der Waals surface area contributed by atoms with E-state index in [1.165, 1.54) is 0 Å². The number of thiophene rings is 1. The van der Waals surface area contributed by atoms with Gasteiger partial charge in [-0.3, -0.25) is 0 Å². The fourth-order valence-electron chi connectivity index (χ4n) is 2.39. The molecular formula is C18H30BrNOSSi. The molecule has 0 aliphatic carbocycles. The lowest BCUT2D eigenvalue weighted by atomic mass is 9.74. The van der Waals surface area contributed by atoms with E-state index in [9.17, 15) is 5.26 Å². The molecule has 0 bridgehead atoms. The first-order valence-electron chi connectivity index (χ1n) is 8.27. The van der Waals surface area contributed by atoms with E-state index in [1.807, 2.05) is 6.07 Å². The molecule has 0 radical (unpaired) electrons. The number of rotatable bonds is 7. The van der Waals surface area contributed by atoms with E-state index in [0.717, 1.165) is 28.1 Å². The molecular weight excluding hydrogens is 386 g/mol. The third-order valence-corrected chi connectivity index (χ3v) is 11.5. The molecule has 1 heterocycles. The van der Waals surface area contributed by atoms with Gasteiger partial charge in [0.1, 0.15) is 0 Å². The van der Waals surface area contributed by atoms with E-state index in [-0.39, 0.29) is 11.0 Å². The Kier molecular flexibility index (Phi) is 7.10. The zero-order valence-corrected chi connectivity index (χ0v) is 18.9. The summed E-state index contributed by atoms with van der Waals surface area (Å²) in [7, 11) is -1.70. The molecule has 0 aliphatic heterocycles. The van der Waals surface area contributed by atoms with Crippen LogP contribution in [0, 0.1) is 17.2 Å². The van der Waals surface area contributed by atoms with Gasteiger partial charge in [-0.05, 0) is 65.0 Å². The van der Waals surface area contributed by atoms with Gasteiger partial charge in [0.25, 0.3) is 0 Å². The quantitative estimate of drug-likeness (QED) is 0.365. The summed E-state index contributed by atoms with van der Waals surface area (Å²) >= 11 is 5.20. The van der Waals surface area contributed by atoms with Crippen molar-refractivity contribution in [3.05, 3.63) is 20.8 Å². The Morgan fingerprint density at radius 3 is 2.30 bits per heavy atom. The topological polar surface area (TPSA) is 33.0 Å². The molecule has 0 aromatic carbocycles. The first kappa shape index (κ1) is 20.9. The maximum absolute atomic E-state index is 9.91. The molecule has 2 nitrogen and oxygen atoms in total. The van der Waals surface area contributed by atoms with E-state index < -0.39 is 13.7 Å². The number of hydrogen-bond acceptors (Lipinski definition) is 3. The third kappa shape index (κ3) is 4.91. The minimum Gasteiger partial charge on any atom is -0.417 e. The summed E-state index contributed by atoms with van der Waals surface area (Å²) in [5.41, 5.74) is -0.409. The van der Waals surface area contributed by atoms with E-state index >= 15 is 0 Å². The highest BCUT2D eigenvalue weighted by molar-refractivity contribution is 9.11. The van der Waals surface area contributed by atoms with E-state index in [2.05, 4.69) is 75.8 Å². The predicted molar refractivity (Wildman–Crippen MR) is 107 cm³/mol. The molecule has 1 rings (SSSR count). The molecule has 0 saturated heterocycles. The molecule has 5 heteroatoms. The monoisotopic (exact) mass is 415 g/mol.